The molecule has 110 valence electrons. The van der Waals surface area contributed by atoms with Crippen LogP contribution < -0.4 is 14.8 Å². The maximum Gasteiger partial charge on any atom is 0.251 e. The highest BCUT2D eigenvalue weighted by Crippen LogP contribution is 2.19. The first-order valence-corrected chi connectivity index (χ1v) is 6.70. The zero-order valence-corrected chi connectivity index (χ0v) is 12.5. The molecule has 0 spiro atoms. The molecule has 0 aliphatic heterocycles. The lowest BCUT2D eigenvalue weighted by Gasteiger charge is -2.11. The van der Waals surface area contributed by atoms with Gasteiger partial charge in [-0.05, 0) is 37.3 Å². The Hall–Kier alpha value is -2.49. The zero-order chi connectivity index (χ0) is 15.2. The summed E-state index contributed by atoms with van der Waals surface area (Å²) >= 11 is 0. The number of ether oxygens (including phenoxy) is 2. The maximum atomic E-state index is 12.1. The SMILES string of the molecule is COc1ccc(C(=O)NCc2cc(C)ccc2OC)cc1. The molecule has 0 unspecified atom stereocenters. The Bertz CT molecular complexity index is 620. The fourth-order valence-electron chi connectivity index (χ4n) is 2.07. The molecular formula is C17H19NO3. The fourth-order valence-corrected chi connectivity index (χ4v) is 2.07. The van der Waals surface area contributed by atoms with Crippen molar-refractivity contribution >= 4 is 5.91 Å². The van der Waals surface area contributed by atoms with E-state index in [9.17, 15) is 4.79 Å². The summed E-state index contributed by atoms with van der Waals surface area (Å²) in [5.41, 5.74) is 2.69. The second kappa shape index (κ2) is 6.79. The van der Waals surface area contributed by atoms with Crippen LogP contribution in [0.4, 0.5) is 0 Å². The van der Waals surface area contributed by atoms with Gasteiger partial charge in [0.25, 0.3) is 5.91 Å². The van der Waals surface area contributed by atoms with Gasteiger partial charge in [-0.1, -0.05) is 17.7 Å². The number of methoxy groups -OCH3 is 2. The molecule has 2 rings (SSSR count). The van der Waals surface area contributed by atoms with E-state index in [4.69, 9.17) is 9.47 Å². The second-order valence-corrected chi connectivity index (χ2v) is 4.73. The first-order valence-electron chi connectivity index (χ1n) is 6.70. The van der Waals surface area contributed by atoms with Gasteiger partial charge in [-0.3, -0.25) is 4.79 Å². The van der Waals surface area contributed by atoms with Gasteiger partial charge in [-0.2, -0.15) is 0 Å². The summed E-state index contributed by atoms with van der Waals surface area (Å²) in [6, 6.07) is 12.9. The monoisotopic (exact) mass is 285 g/mol. The topological polar surface area (TPSA) is 47.6 Å². The van der Waals surface area contributed by atoms with Crippen molar-refractivity contribution in [1.82, 2.24) is 5.32 Å². The van der Waals surface area contributed by atoms with Crippen LogP contribution in [0.2, 0.25) is 0 Å². The molecule has 1 amide bonds. The third kappa shape index (κ3) is 3.75. The smallest absolute Gasteiger partial charge is 0.251 e. The summed E-state index contributed by atoms with van der Waals surface area (Å²) in [7, 11) is 3.22. The van der Waals surface area contributed by atoms with Crippen LogP contribution >= 0.6 is 0 Å². The van der Waals surface area contributed by atoms with Crippen molar-refractivity contribution in [3.8, 4) is 11.5 Å². The predicted octanol–water partition coefficient (Wildman–Crippen LogP) is 2.94. The number of benzene rings is 2. The molecule has 0 heterocycles. The highest BCUT2D eigenvalue weighted by atomic mass is 16.5. The number of amides is 1. The Morgan fingerprint density at radius 3 is 2.38 bits per heavy atom. The van der Waals surface area contributed by atoms with Crippen molar-refractivity contribution in [1.29, 1.82) is 0 Å². The molecule has 2 aromatic rings. The molecule has 0 bridgehead atoms. The van der Waals surface area contributed by atoms with Crippen LogP contribution in [0.1, 0.15) is 21.5 Å². The van der Waals surface area contributed by atoms with Gasteiger partial charge >= 0.3 is 0 Å². The summed E-state index contributed by atoms with van der Waals surface area (Å²) in [5, 5.41) is 2.89. The molecule has 0 aliphatic rings. The predicted molar refractivity (Wildman–Crippen MR) is 81.9 cm³/mol. The standard InChI is InChI=1S/C17H19NO3/c1-12-4-9-16(21-3)14(10-12)11-18-17(19)13-5-7-15(20-2)8-6-13/h4-10H,11H2,1-3H3,(H,18,19). The summed E-state index contributed by atoms with van der Waals surface area (Å²) in [4.78, 5) is 12.1. The van der Waals surface area contributed by atoms with Crippen molar-refractivity contribution in [3.63, 3.8) is 0 Å². The van der Waals surface area contributed by atoms with E-state index >= 15 is 0 Å². The van der Waals surface area contributed by atoms with Crippen LogP contribution in [0.15, 0.2) is 42.5 Å². The van der Waals surface area contributed by atoms with Crippen molar-refractivity contribution in [3.05, 3.63) is 59.2 Å². The van der Waals surface area contributed by atoms with E-state index in [2.05, 4.69) is 5.32 Å². The largest absolute Gasteiger partial charge is 0.497 e. The average Bonchev–Trinajstić information content (AvgIpc) is 2.52. The Morgan fingerprint density at radius 1 is 1.05 bits per heavy atom. The van der Waals surface area contributed by atoms with E-state index in [1.807, 2.05) is 25.1 Å². The Kier molecular flexibility index (Phi) is 4.82. The number of hydrogen-bond acceptors (Lipinski definition) is 3. The van der Waals surface area contributed by atoms with Crippen LogP contribution in [-0.4, -0.2) is 20.1 Å². The molecule has 0 saturated carbocycles. The molecule has 4 heteroatoms. The lowest BCUT2D eigenvalue weighted by atomic mass is 10.1. The average molecular weight is 285 g/mol. The van der Waals surface area contributed by atoms with E-state index in [-0.39, 0.29) is 5.91 Å². The molecule has 0 fully saturated rings. The minimum atomic E-state index is -0.124. The highest BCUT2D eigenvalue weighted by molar-refractivity contribution is 5.94. The van der Waals surface area contributed by atoms with Gasteiger partial charge in [-0.15, -0.1) is 0 Å². The summed E-state index contributed by atoms with van der Waals surface area (Å²) in [6.07, 6.45) is 0. The third-order valence-corrected chi connectivity index (χ3v) is 3.23. The minimum absolute atomic E-state index is 0.124. The van der Waals surface area contributed by atoms with Gasteiger partial charge in [0.1, 0.15) is 11.5 Å². The normalized spacial score (nSPS) is 10.0. The molecule has 0 atom stereocenters. The van der Waals surface area contributed by atoms with Gasteiger partial charge < -0.3 is 14.8 Å². The van der Waals surface area contributed by atoms with Crippen molar-refractivity contribution in [2.75, 3.05) is 14.2 Å². The second-order valence-electron chi connectivity index (χ2n) is 4.73. The lowest BCUT2D eigenvalue weighted by Crippen LogP contribution is -2.23. The highest BCUT2D eigenvalue weighted by Gasteiger charge is 2.08. The number of carbonyl (C=O) groups is 1. The summed E-state index contributed by atoms with van der Waals surface area (Å²) < 4.78 is 10.4. The van der Waals surface area contributed by atoms with Crippen LogP contribution in [0, 0.1) is 6.92 Å². The van der Waals surface area contributed by atoms with Crippen LogP contribution in [0.25, 0.3) is 0 Å². The van der Waals surface area contributed by atoms with Crippen LogP contribution in [0.3, 0.4) is 0 Å². The van der Waals surface area contributed by atoms with Gasteiger partial charge in [0, 0.05) is 17.7 Å². The minimum Gasteiger partial charge on any atom is -0.497 e. The van der Waals surface area contributed by atoms with Crippen LogP contribution in [-0.2, 0) is 6.54 Å². The molecule has 0 aliphatic carbocycles. The molecule has 1 N–H and O–H groups in total. The molecule has 0 radical (unpaired) electrons. The maximum absolute atomic E-state index is 12.1. The number of carbonyl (C=O) groups excluding carboxylic acids is 1. The number of aryl methyl sites for hydroxylation is 1. The molecule has 2 aromatic carbocycles. The Balaban J connectivity index is 2.05. The number of rotatable bonds is 5. The van der Waals surface area contributed by atoms with Gasteiger partial charge in [0.05, 0.1) is 14.2 Å². The molecule has 4 nitrogen and oxygen atoms in total. The first kappa shape index (κ1) is 14.9. The van der Waals surface area contributed by atoms with E-state index in [0.717, 1.165) is 22.6 Å². The molecule has 0 saturated heterocycles. The quantitative estimate of drug-likeness (QED) is 0.918. The van der Waals surface area contributed by atoms with E-state index in [1.165, 1.54) is 0 Å². The Labute approximate surface area is 124 Å². The molecular weight excluding hydrogens is 266 g/mol. The van der Waals surface area contributed by atoms with Gasteiger partial charge in [-0.25, -0.2) is 0 Å². The van der Waals surface area contributed by atoms with Crippen LogP contribution in [0.5, 0.6) is 11.5 Å². The third-order valence-electron chi connectivity index (χ3n) is 3.23. The van der Waals surface area contributed by atoms with E-state index in [1.54, 1.807) is 38.5 Å². The number of nitrogens with one attached hydrogen (secondary N) is 1. The zero-order valence-electron chi connectivity index (χ0n) is 12.5. The van der Waals surface area contributed by atoms with E-state index < -0.39 is 0 Å². The summed E-state index contributed by atoms with van der Waals surface area (Å²) in [5.74, 6) is 1.38. The molecule has 21 heavy (non-hydrogen) atoms. The summed E-state index contributed by atoms with van der Waals surface area (Å²) in [6.45, 7) is 2.43. The molecule has 0 aromatic heterocycles. The lowest BCUT2D eigenvalue weighted by molar-refractivity contribution is 0.0950. The van der Waals surface area contributed by atoms with Crippen molar-refractivity contribution < 1.29 is 14.3 Å². The van der Waals surface area contributed by atoms with Gasteiger partial charge in [0.15, 0.2) is 0 Å². The van der Waals surface area contributed by atoms with Gasteiger partial charge in [0.2, 0.25) is 0 Å². The Morgan fingerprint density at radius 2 is 1.76 bits per heavy atom. The van der Waals surface area contributed by atoms with E-state index in [0.29, 0.717) is 12.1 Å². The van der Waals surface area contributed by atoms with Crippen molar-refractivity contribution in [2.45, 2.75) is 13.5 Å². The fraction of sp³-hybridized carbons (Fsp3) is 0.235. The van der Waals surface area contributed by atoms with Crippen molar-refractivity contribution in [2.24, 2.45) is 0 Å². The number of hydrogen-bond donors (Lipinski definition) is 1. The first-order chi connectivity index (χ1) is 10.1.